The summed E-state index contributed by atoms with van der Waals surface area (Å²) in [6, 6.07) is 12.3. The zero-order valence-electron chi connectivity index (χ0n) is 14.0. The van der Waals surface area contributed by atoms with Crippen molar-refractivity contribution < 1.29 is 9.53 Å². The van der Waals surface area contributed by atoms with Crippen molar-refractivity contribution in [3.05, 3.63) is 57.8 Å². The average Bonchev–Trinajstić information content (AvgIpc) is 3.17. The minimum absolute atomic E-state index is 0.00697. The van der Waals surface area contributed by atoms with Gasteiger partial charge >= 0.3 is 0 Å². The Morgan fingerprint density at radius 1 is 1.25 bits per heavy atom. The number of hydrogen-bond acceptors (Lipinski definition) is 4. The van der Waals surface area contributed by atoms with Crippen molar-refractivity contribution in [2.45, 2.75) is 19.4 Å². The predicted molar refractivity (Wildman–Crippen MR) is 97.6 cm³/mol. The molecule has 0 bridgehead atoms. The van der Waals surface area contributed by atoms with Crippen molar-refractivity contribution >= 4 is 17.2 Å². The van der Waals surface area contributed by atoms with Gasteiger partial charge < -0.3 is 10.1 Å². The second kappa shape index (κ2) is 8.42. The van der Waals surface area contributed by atoms with E-state index in [0.717, 1.165) is 38.3 Å². The molecule has 1 fully saturated rings. The summed E-state index contributed by atoms with van der Waals surface area (Å²) in [5.41, 5.74) is 1.97. The normalized spacial score (nSPS) is 16.7. The highest BCUT2D eigenvalue weighted by atomic mass is 32.1. The van der Waals surface area contributed by atoms with Crippen molar-refractivity contribution in [1.82, 2.24) is 10.2 Å². The maximum atomic E-state index is 12.5. The lowest BCUT2D eigenvalue weighted by molar-refractivity contribution is 0.0169. The number of ether oxygens (including phenoxy) is 1. The van der Waals surface area contributed by atoms with Gasteiger partial charge in [-0.3, -0.25) is 9.69 Å². The van der Waals surface area contributed by atoms with Crippen molar-refractivity contribution in [1.29, 1.82) is 0 Å². The summed E-state index contributed by atoms with van der Waals surface area (Å²) < 4.78 is 5.46. The van der Waals surface area contributed by atoms with E-state index in [0.29, 0.717) is 6.54 Å². The molecule has 128 valence electrons. The third kappa shape index (κ3) is 4.23. The van der Waals surface area contributed by atoms with Gasteiger partial charge in [0.05, 0.1) is 19.3 Å². The van der Waals surface area contributed by atoms with Gasteiger partial charge in [0.15, 0.2) is 0 Å². The largest absolute Gasteiger partial charge is 0.379 e. The quantitative estimate of drug-likeness (QED) is 0.875. The summed E-state index contributed by atoms with van der Waals surface area (Å²) in [6.07, 6.45) is 0.985. The first-order valence-electron chi connectivity index (χ1n) is 8.50. The number of nitrogens with zero attached hydrogens (tertiary/aromatic N) is 1. The second-order valence-corrected chi connectivity index (χ2v) is 6.92. The lowest BCUT2D eigenvalue weighted by atomic mass is 10.1. The molecule has 1 aliphatic rings. The van der Waals surface area contributed by atoms with E-state index in [1.54, 1.807) is 11.3 Å². The Hall–Kier alpha value is -1.69. The molecule has 1 atom stereocenters. The summed E-state index contributed by atoms with van der Waals surface area (Å²) in [5.74, 6) is -0.00697. The minimum Gasteiger partial charge on any atom is -0.379 e. The third-order valence-corrected chi connectivity index (χ3v) is 5.41. The number of amides is 1. The molecule has 1 unspecified atom stereocenters. The van der Waals surface area contributed by atoms with Crippen molar-refractivity contribution in [2.24, 2.45) is 0 Å². The number of rotatable bonds is 6. The molecule has 0 spiro atoms. The highest BCUT2D eigenvalue weighted by Gasteiger charge is 2.24. The molecule has 5 heteroatoms. The maximum Gasteiger partial charge on any atom is 0.251 e. The summed E-state index contributed by atoms with van der Waals surface area (Å²) in [4.78, 5) is 16.1. The van der Waals surface area contributed by atoms with Gasteiger partial charge in [0, 0.05) is 30.1 Å². The molecule has 1 aliphatic heterocycles. The summed E-state index contributed by atoms with van der Waals surface area (Å²) in [5, 5.41) is 5.20. The van der Waals surface area contributed by atoms with Crippen LogP contribution in [0.15, 0.2) is 41.8 Å². The number of nitrogens with one attached hydrogen (secondary N) is 1. The first-order valence-corrected chi connectivity index (χ1v) is 9.38. The van der Waals surface area contributed by atoms with E-state index in [1.165, 1.54) is 10.4 Å². The van der Waals surface area contributed by atoms with E-state index in [2.05, 4.69) is 34.7 Å². The molecule has 0 radical (unpaired) electrons. The molecule has 4 nitrogen and oxygen atoms in total. The number of carbonyl (C=O) groups excluding carboxylic acids is 1. The van der Waals surface area contributed by atoms with Gasteiger partial charge in [0.1, 0.15) is 0 Å². The van der Waals surface area contributed by atoms with E-state index >= 15 is 0 Å². The van der Waals surface area contributed by atoms with E-state index in [4.69, 9.17) is 4.74 Å². The fourth-order valence-corrected chi connectivity index (χ4v) is 3.82. The molecule has 1 aromatic carbocycles. The van der Waals surface area contributed by atoms with Gasteiger partial charge in [-0.2, -0.15) is 0 Å². The smallest absolute Gasteiger partial charge is 0.251 e. The van der Waals surface area contributed by atoms with E-state index in [-0.39, 0.29) is 11.9 Å². The number of carbonyl (C=O) groups is 1. The van der Waals surface area contributed by atoms with Gasteiger partial charge in [-0.25, -0.2) is 0 Å². The van der Waals surface area contributed by atoms with Crippen LogP contribution in [0.2, 0.25) is 0 Å². The molecule has 1 N–H and O–H groups in total. The highest BCUT2D eigenvalue weighted by molar-refractivity contribution is 7.10. The number of benzene rings is 1. The number of morpholine rings is 1. The number of aryl methyl sites for hydroxylation is 1. The van der Waals surface area contributed by atoms with E-state index in [9.17, 15) is 4.79 Å². The molecular weight excluding hydrogens is 320 g/mol. The van der Waals surface area contributed by atoms with Crippen LogP contribution in [0.25, 0.3) is 0 Å². The van der Waals surface area contributed by atoms with Gasteiger partial charge in [-0.15, -0.1) is 11.3 Å². The lowest BCUT2D eigenvalue weighted by Gasteiger charge is -2.34. The topological polar surface area (TPSA) is 41.6 Å². The highest BCUT2D eigenvalue weighted by Crippen LogP contribution is 2.25. The van der Waals surface area contributed by atoms with Gasteiger partial charge in [0.2, 0.25) is 0 Å². The van der Waals surface area contributed by atoms with Crippen molar-refractivity contribution in [3.8, 4) is 0 Å². The second-order valence-electron chi connectivity index (χ2n) is 5.94. The zero-order valence-corrected chi connectivity index (χ0v) is 14.8. The molecule has 2 aromatic rings. The average molecular weight is 344 g/mol. The van der Waals surface area contributed by atoms with Crippen LogP contribution < -0.4 is 5.32 Å². The molecule has 24 heavy (non-hydrogen) atoms. The van der Waals surface area contributed by atoms with Crippen molar-refractivity contribution in [3.63, 3.8) is 0 Å². The Kier molecular flexibility index (Phi) is 6.01. The number of hydrogen-bond donors (Lipinski definition) is 1. The van der Waals surface area contributed by atoms with Crippen LogP contribution in [-0.4, -0.2) is 43.7 Å². The SMILES string of the molecule is CCc1ccc(C(=O)NCC(c2cccs2)N2CCOCC2)cc1. The number of thiophene rings is 1. The third-order valence-electron chi connectivity index (χ3n) is 4.44. The van der Waals surface area contributed by atoms with Crippen LogP contribution in [-0.2, 0) is 11.2 Å². The van der Waals surface area contributed by atoms with Crippen LogP contribution >= 0.6 is 11.3 Å². The Morgan fingerprint density at radius 3 is 2.62 bits per heavy atom. The predicted octanol–water partition coefficient (Wildman–Crippen LogP) is 3.11. The monoisotopic (exact) mass is 344 g/mol. The van der Waals surface area contributed by atoms with Gasteiger partial charge in [0.25, 0.3) is 5.91 Å². The summed E-state index contributed by atoms with van der Waals surface area (Å²) in [7, 11) is 0. The summed E-state index contributed by atoms with van der Waals surface area (Å²) >= 11 is 1.74. The molecule has 2 heterocycles. The molecule has 0 saturated carbocycles. The Balaban J connectivity index is 1.65. The van der Waals surface area contributed by atoms with Crippen molar-refractivity contribution in [2.75, 3.05) is 32.8 Å². The Labute approximate surface area is 147 Å². The standard InChI is InChI=1S/C19H24N2O2S/c1-2-15-5-7-16(8-6-15)19(22)20-14-17(18-4-3-13-24-18)21-9-11-23-12-10-21/h3-8,13,17H,2,9-12,14H2,1H3,(H,20,22). The molecule has 1 aromatic heterocycles. The van der Waals surface area contributed by atoms with Gasteiger partial charge in [-0.05, 0) is 35.6 Å². The minimum atomic E-state index is -0.00697. The fourth-order valence-electron chi connectivity index (χ4n) is 2.96. The van der Waals surface area contributed by atoms with Gasteiger partial charge in [-0.1, -0.05) is 25.1 Å². The first kappa shape index (κ1) is 17.1. The molecule has 1 amide bonds. The fraction of sp³-hybridized carbons (Fsp3) is 0.421. The van der Waals surface area contributed by atoms with Crippen LogP contribution in [0.4, 0.5) is 0 Å². The van der Waals surface area contributed by atoms with Crippen LogP contribution in [0.5, 0.6) is 0 Å². The van der Waals surface area contributed by atoms with E-state index < -0.39 is 0 Å². The molecule has 1 saturated heterocycles. The van der Waals surface area contributed by atoms with Crippen LogP contribution in [0.1, 0.15) is 33.8 Å². The summed E-state index contributed by atoms with van der Waals surface area (Å²) in [6.45, 7) is 6.06. The lowest BCUT2D eigenvalue weighted by Crippen LogP contribution is -2.43. The zero-order chi connectivity index (χ0) is 16.8. The molecular formula is C19H24N2O2S. The Bertz CT molecular complexity index is 634. The van der Waals surface area contributed by atoms with E-state index in [1.807, 2.05) is 24.3 Å². The van der Waals surface area contributed by atoms with Crippen LogP contribution in [0.3, 0.4) is 0 Å². The Morgan fingerprint density at radius 2 is 2.00 bits per heavy atom. The maximum absolute atomic E-state index is 12.5. The van der Waals surface area contributed by atoms with Crippen LogP contribution in [0, 0.1) is 0 Å². The first-order chi connectivity index (χ1) is 11.8. The molecule has 3 rings (SSSR count). The molecule has 0 aliphatic carbocycles.